The van der Waals surface area contributed by atoms with Crippen LogP contribution in [0, 0.1) is 0 Å². The molecule has 0 aromatic rings. The van der Waals surface area contributed by atoms with E-state index in [1.165, 1.54) is 0 Å². The molecule has 40 atom stereocenters. The predicted octanol–water partition coefficient (Wildman–Crippen LogP) is -37.8. The number of rotatable bonds is 36. The van der Waals surface area contributed by atoms with E-state index in [9.17, 15) is 151 Å². The van der Waals surface area contributed by atoms with E-state index in [1.807, 2.05) is 0 Å². The zero-order chi connectivity index (χ0) is 90.0. The Morgan fingerprint density at radius 3 is 0.408 bits per heavy atom. The number of hydrogen-bond donors (Lipinski definition) is 16. The molecule has 30 aliphatic rings. The quantitative estimate of drug-likeness (QED) is 0.0120. The Labute approximate surface area is 943 Å². The first-order valence-corrected chi connectivity index (χ1v) is 48.4. The monoisotopic (exact) mass is 2180 g/mol. The number of aliphatic carboxylic acids is 7. The Hall–Kier alpha value is 5.19. The third-order valence-corrected chi connectivity index (χ3v) is 29.0. The molecule has 30 rings (SSSR count). The van der Waals surface area contributed by atoms with Crippen LogP contribution < -0.4 is 243 Å². The number of aliphatic hydroxyl groups is 16. The van der Waals surface area contributed by atoms with Crippen molar-refractivity contribution in [1.29, 1.82) is 0 Å². The van der Waals surface area contributed by atoms with Crippen LogP contribution in [-0.4, -0.2) is 454 Å². The Bertz CT molecular complexity index is 3210. The Kier molecular flexibility index (Phi) is 65.7. The van der Waals surface area contributed by atoms with Gasteiger partial charge >= 0.3 is 207 Å². The summed E-state index contributed by atoms with van der Waals surface area (Å²) in [6.45, 7) is 0. The maximum Gasteiger partial charge on any atom is 1.00 e. The molecule has 0 spiro atoms. The number of aliphatic hydroxyl groups excluding tert-OH is 16. The third kappa shape index (κ3) is 37.8. The summed E-state index contributed by atoms with van der Waals surface area (Å²) >= 11 is 7.69. The van der Waals surface area contributed by atoms with Crippen molar-refractivity contribution in [3.8, 4) is 0 Å². The van der Waals surface area contributed by atoms with Gasteiger partial charge in [0.05, 0.1) is 48.8 Å². The van der Waals surface area contributed by atoms with Crippen LogP contribution >= 0.6 is 105 Å². The van der Waals surface area contributed by atoms with Crippen LogP contribution in [0.25, 0.3) is 0 Å². The fraction of sp³-hybridized carbons (Fsp3) is 0.899. The van der Waals surface area contributed by atoms with E-state index >= 15 is 0 Å². The van der Waals surface area contributed by atoms with Gasteiger partial charge in [0.2, 0.25) is 0 Å². The van der Waals surface area contributed by atoms with Crippen molar-refractivity contribution in [3.63, 3.8) is 0 Å². The van der Waals surface area contributed by atoms with E-state index < -0.39 is 361 Å². The summed E-state index contributed by atoms with van der Waals surface area (Å²) in [4.78, 5) is 81.4. The van der Waals surface area contributed by atoms with Crippen molar-refractivity contribution in [3.05, 3.63) is 0 Å². The number of carbonyl (C=O) groups is 7. The number of carboxylic acids is 7. The Morgan fingerprint density at radius 2 is 0.300 bits per heavy atom. The average Bonchev–Trinajstić information content (AvgIpc) is 0.768. The zero-order valence-electron chi connectivity index (χ0n) is 71.8. The molecule has 16 bridgehead atoms. The second-order valence-corrected chi connectivity index (χ2v) is 38.5. The molecule has 0 saturated carbocycles. The summed E-state index contributed by atoms with van der Waals surface area (Å²) in [5, 5.41) is 275. The third-order valence-electron chi connectivity index (χ3n) is 20.7. The van der Waals surface area contributed by atoms with E-state index in [-0.39, 0.29) is 263 Å². The molecule has 0 aliphatic carbocycles. The van der Waals surface area contributed by atoms with E-state index in [1.54, 1.807) is 22.6 Å². The number of thioether (sulfide) groups is 7. The summed E-state index contributed by atoms with van der Waals surface area (Å²) < 4.78 is 99.1. The first-order valence-electron chi connectivity index (χ1n) is 38.7. The minimum Gasteiger partial charge on any atom is -0.550 e. The molecule has 46 nitrogen and oxygen atoms in total. The number of halogens is 1. The number of hydrogen-bond acceptors (Lipinski definition) is 53. The van der Waals surface area contributed by atoms with Gasteiger partial charge in [0.25, 0.3) is 0 Å². The van der Waals surface area contributed by atoms with Gasteiger partial charge in [0.1, 0.15) is 146 Å². The van der Waals surface area contributed by atoms with Gasteiger partial charge in [-0.2, -0.15) is 82.3 Å². The van der Waals surface area contributed by atoms with E-state index in [4.69, 9.17) is 75.8 Å². The summed E-state index contributed by atoms with van der Waals surface area (Å²) in [6, 6.07) is 0. The smallest absolute Gasteiger partial charge is 0.550 e. The molecule has 708 valence electrons. The molecule has 30 heterocycles. The summed E-state index contributed by atoms with van der Waals surface area (Å²) in [5.41, 5.74) is 0. The molecule has 61 heteroatoms. The molecule has 130 heavy (non-hydrogen) atoms. The molecule has 16 N–H and O–H groups in total. The van der Waals surface area contributed by atoms with Gasteiger partial charge in [0, 0.05) is 86.5 Å². The zero-order valence-corrected chi connectivity index (χ0v) is 93.7. The fourth-order valence-electron chi connectivity index (χ4n) is 14.3. The van der Waals surface area contributed by atoms with Crippen molar-refractivity contribution in [2.45, 2.75) is 291 Å². The molecule has 0 aromatic carbocycles. The molecule has 30 saturated heterocycles. The Morgan fingerprint density at radius 1 is 0.192 bits per heavy atom. The number of alkyl halides is 1. The van der Waals surface area contributed by atoms with Crippen molar-refractivity contribution in [2.75, 3.05) is 85.0 Å². The van der Waals surface area contributed by atoms with Crippen molar-refractivity contribution >= 4 is 147 Å². The summed E-state index contributed by atoms with van der Waals surface area (Å²) in [6.07, 6.45) is -85.4. The SMILES string of the molecule is O=C([O-])CCSC[C@H]1O[C@@H]2O[C@H]3[C@H](O)[C@@H](O)[C@@H](O[C@H]4[C@H](O)[C@@H](O)[C@@H](O[C@H]5[C@H](O)[C@@H](O)[C@@H](O[C@H]6[C@H](O)[C@@H](O)[C@@H](O[C@H]7[C@H](O)[C@@H](O)[C@@H](O[C@H]8[C@H](O)[C@@H](O)[C@@H](O[C@H]9[C@H](O)[C@@H](O)[C@@H](O[C@H]1[C@H](O)[C@H]2O)O[C@@H]9CI)O[C@@H]8CSCCC(=O)[O-])O[C@@H]7CSCCC(=O)[O-])O[C@@H]6CSCCC(=O)[O-])O[C@@H]5CSCCC(=O)[O-])O[C@@H]4CSCCC(=O)[O-])O[C@@H]3CSCCC(=O)[O-].[Na+].[Na+].[Na+].[Na+].[Na+].[Na+].[Na+]. The second kappa shape index (κ2) is 65.1. The van der Waals surface area contributed by atoms with Gasteiger partial charge in [-0.05, 0) is 85.2 Å². The van der Waals surface area contributed by atoms with Gasteiger partial charge in [-0.1, -0.05) is 22.6 Å². The van der Waals surface area contributed by atoms with Crippen LogP contribution in [0.15, 0.2) is 0 Å². The minimum atomic E-state index is -2.35. The number of ether oxygens (including phenoxy) is 16. The first kappa shape index (κ1) is 131. The predicted molar refractivity (Wildman–Crippen MR) is 412 cm³/mol. The van der Waals surface area contributed by atoms with E-state index in [2.05, 4.69) is 0 Å². The fourth-order valence-corrected chi connectivity index (χ4v) is 21.8. The molecular formula is C69H100INa7O46S7. The topological polar surface area (TPSA) is 752 Å². The second-order valence-electron chi connectivity index (χ2n) is 29.5. The van der Waals surface area contributed by atoms with Crippen LogP contribution in [0.5, 0.6) is 0 Å². The van der Waals surface area contributed by atoms with Crippen LogP contribution in [-0.2, 0) is 109 Å². The maximum atomic E-state index is 12.2. The van der Waals surface area contributed by atoms with Crippen LogP contribution in [0.1, 0.15) is 44.9 Å². The summed E-state index contributed by atoms with van der Waals surface area (Å²) in [7, 11) is 0. The van der Waals surface area contributed by atoms with E-state index in [0.29, 0.717) is 0 Å². The summed E-state index contributed by atoms with van der Waals surface area (Å²) in [5.74, 6) is -14.8. The molecule has 0 aromatic heterocycles. The van der Waals surface area contributed by atoms with Gasteiger partial charge in [0.15, 0.2) is 50.3 Å². The normalized spacial score (nSPS) is 40.4. The maximum absolute atomic E-state index is 12.2. The molecule has 0 amide bonds. The van der Waals surface area contributed by atoms with Gasteiger partial charge in [-0.25, -0.2) is 0 Å². The van der Waals surface area contributed by atoms with Crippen LogP contribution in [0.2, 0.25) is 0 Å². The largest absolute Gasteiger partial charge is 1.00 e. The van der Waals surface area contributed by atoms with Gasteiger partial charge in [-0.3, -0.25) is 0 Å². The van der Waals surface area contributed by atoms with Crippen molar-refractivity contribution in [2.24, 2.45) is 0 Å². The van der Waals surface area contributed by atoms with E-state index in [0.717, 1.165) is 82.3 Å². The van der Waals surface area contributed by atoms with Crippen LogP contribution in [0.3, 0.4) is 0 Å². The molecule has 0 radical (unpaired) electrons. The Balaban J connectivity index is 0.00000817. The van der Waals surface area contributed by atoms with Crippen LogP contribution in [0.4, 0.5) is 0 Å². The molecule has 30 fully saturated rings. The van der Waals surface area contributed by atoms with Crippen molar-refractivity contribution < 1.29 is 434 Å². The van der Waals surface area contributed by atoms with Gasteiger partial charge < -0.3 is 227 Å². The van der Waals surface area contributed by atoms with Crippen molar-refractivity contribution in [1.82, 2.24) is 0 Å². The van der Waals surface area contributed by atoms with Gasteiger partial charge in [-0.15, -0.1) is 0 Å². The molecule has 30 aliphatic heterocycles. The first-order chi connectivity index (χ1) is 58.4. The average molecular weight is 2180 g/mol. The molecule has 0 unspecified atom stereocenters. The number of carboxylic acid groups (broad SMARTS) is 7. The molecular weight excluding hydrogens is 2080 g/mol. The minimum absolute atomic E-state index is 0. The standard InChI is InChI=1S/C69H107IO46S7.7Na/c70-15-23-54-38(85)46(93)62(101-23)110-55-24(16-117-8-1-31(71)72)103-64(48(95)40(55)87)112-57-26(18-119-10-3-33(75)76)105-66(50(97)42(57)89)114-59-28(20-121-12-5-35(79)80)107-68(52(99)44(59)91)116-61-30(22-123-14-7-37(83)84)108-69(53(100)45(61)92)115-60-29(21-122-13-6-36(81)82)106-67(51(98)43(60)90)113-58-27(19-120-11-4-34(77)78)104-65(49(96)41(58)88)111-56-25(17-118-9-2-32(73)74)102-63(109-54)47(94)39(56)86;;;;;;;/h23-30,38-69,85-100H,1-22H2,(H,71,72)(H,73,74)(H,75,76)(H,77,78)(H,79,80)(H,81,82)(H,83,84);;;;;;;/q;7*+1/p-7/t23-,24-,25-,26-,27-,28-,29-,30-,38-,39-,40-,41-,42-,43-,44-,45-,46-,47-,48-,49-,50-,51-,52-,53-,54-,55-,56-,57-,58-,59-,60-,61-,62-,63-,64-,65-,66-,67-,68-,69-;;;;;;;/m1......./s1. The number of carbonyl (C=O) groups excluding carboxylic acids is 7.